The van der Waals surface area contributed by atoms with Crippen LogP contribution in [0.15, 0.2) is 47.1 Å². The lowest BCUT2D eigenvalue weighted by molar-refractivity contribution is 0.102. The van der Waals surface area contributed by atoms with Gasteiger partial charge in [0.15, 0.2) is 5.82 Å². The van der Waals surface area contributed by atoms with E-state index in [1.54, 1.807) is 24.4 Å². The van der Waals surface area contributed by atoms with Gasteiger partial charge in [-0.3, -0.25) is 14.9 Å². The van der Waals surface area contributed by atoms with E-state index in [0.717, 1.165) is 15.4 Å². The van der Waals surface area contributed by atoms with E-state index in [-0.39, 0.29) is 5.91 Å². The standard InChI is InChI=1S/C13H9BrN4O/c14-8-4-5-9-11(7-8)17-18-12(9)16-13(19)10-3-1-2-6-15-10/h1-7H,(H2,16,17,18,19). The van der Waals surface area contributed by atoms with Gasteiger partial charge in [0.25, 0.3) is 5.91 Å². The van der Waals surface area contributed by atoms with Crippen molar-refractivity contribution in [3.8, 4) is 0 Å². The van der Waals surface area contributed by atoms with E-state index in [0.29, 0.717) is 11.5 Å². The summed E-state index contributed by atoms with van der Waals surface area (Å²) >= 11 is 3.38. The highest BCUT2D eigenvalue weighted by Gasteiger charge is 2.11. The Morgan fingerprint density at radius 2 is 2.16 bits per heavy atom. The number of carbonyl (C=O) groups excluding carboxylic acids is 1. The molecule has 3 aromatic rings. The van der Waals surface area contributed by atoms with E-state index in [2.05, 4.69) is 36.4 Å². The van der Waals surface area contributed by atoms with Gasteiger partial charge in [-0.15, -0.1) is 0 Å². The van der Waals surface area contributed by atoms with Gasteiger partial charge in [0.05, 0.1) is 5.52 Å². The molecule has 0 spiro atoms. The highest BCUT2D eigenvalue weighted by atomic mass is 79.9. The first kappa shape index (κ1) is 11.9. The van der Waals surface area contributed by atoms with Gasteiger partial charge in [-0.05, 0) is 30.3 Å². The number of hydrogen-bond acceptors (Lipinski definition) is 3. The zero-order valence-electron chi connectivity index (χ0n) is 9.72. The van der Waals surface area contributed by atoms with Crippen molar-refractivity contribution in [1.82, 2.24) is 15.2 Å². The summed E-state index contributed by atoms with van der Waals surface area (Å²) in [6.07, 6.45) is 1.58. The average molecular weight is 317 g/mol. The molecule has 2 aromatic heterocycles. The fourth-order valence-corrected chi connectivity index (χ4v) is 2.12. The second-order valence-electron chi connectivity index (χ2n) is 3.93. The van der Waals surface area contributed by atoms with E-state index in [1.165, 1.54) is 0 Å². The minimum atomic E-state index is -0.281. The van der Waals surface area contributed by atoms with Gasteiger partial charge in [0.1, 0.15) is 5.69 Å². The van der Waals surface area contributed by atoms with E-state index in [9.17, 15) is 4.79 Å². The summed E-state index contributed by atoms with van der Waals surface area (Å²) in [4.78, 5) is 16.0. The SMILES string of the molecule is O=C(Nc1n[nH]c2cc(Br)ccc12)c1ccccn1. The van der Waals surface area contributed by atoms with Crippen molar-refractivity contribution in [3.05, 3.63) is 52.8 Å². The zero-order chi connectivity index (χ0) is 13.2. The van der Waals surface area contributed by atoms with Crippen LogP contribution in [0.3, 0.4) is 0 Å². The number of pyridine rings is 1. The minimum absolute atomic E-state index is 0.281. The largest absolute Gasteiger partial charge is 0.303 e. The first-order valence-electron chi connectivity index (χ1n) is 5.60. The molecule has 3 rings (SSSR count). The normalized spacial score (nSPS) is 10.6. The quantitative estimate of drug-likeness (QED) is 0.763. The molecule has 1 amide bonds. The number of aromatic nitrogens is 3. The van der Waals surface area contributed by atoms with Crippen molar-refractivity contribution in [3.63, 3.8) is 0 Å². The number of H-pyrrole nitrogens is 1. The average Bonchev–Trinajstić information content (AvgIpc) is 2.82. The Morgan fingerprint density at radius 1 is 1.26 bits per heavy atom. The molecule has 2 heterocycles. The molecule has 5 nitrogen and oxygen atoms in total. The van der Waals surface area contributed by atoms with Crippen LogP contribution in [-0.4, -0.2) is 21.1 Å². The maximum Gasteiger partial charge on any atom is 0.275 e. The molecule has 0 aliphatic heterocycles. The number of nitrogens with zero attached hydrogens (tertiary/aromatic N) is 2. The van der Waals surface area contributed by atoms with Gasteiger partial charge in [-0.25, -0.2) is 0 Å². The van der Waals surface area contributed by atoms with Gasteiger partial charge in [0.2, 0.25) is 0 Å². The van der Waals surface area contributed by atoms with E-state index >= 15 is 0 Å². The zero-order valence-corrected chi connectivity index (χ0v) is 11.3. The molecule has 0 unspecified atom stereocenters. The summed E-state index contributed by atoms with van der Waals surface area (Å²) in [5.74, 6) is 0.218. The molecule has 0 saturated heterocycles. The Balaban J connectivity index is 1.92. The predicted molar refractivity (Wildman–Crippen MR) is 76.0 cm³/mol. The number of anilines is 1. The third-order valence-electron chi connectivity index (χ3n) is 2.65. The number of hydrogen-bond donors (Lipinski definition) is 2. The van der Waals surface area contributed by atoms with Crippen molar-refractivity contribution in [2.45, 2.75) is 0 Å². The van der Waals surface area contributed by atoms with Crippen LogP contribution in [-0.2, 0) is 0 Å². The molecule has 0 aliphatic carbocycles. The number of benzene rings is 1. The molecule has 0 bridgehead atoms. The van der Waals surface area contributed by atoms with Crippen LogP contribution in [0.2, 0.25) is 0 Å². The maximum absolute atomic E-state index is 12.0. The lowest BCUT2D eigenvalue weighted by atomic mass is 10.2. The molecule has 0 fully saturated rings. The van der Waals surface area contributed by atoms with E-state index in [4.69, 9.17) is 0 Å². The second kappa shape index (κ2) is 4.81. The van der Waals surface area contributed by atoms with Crippen LogP contribution in [0.25, 0.3) is 10.9 Å². The third-order valence-corrected chi connectivity index (χ3v) is 3.15. The number of carbonyl (C=O) groups is 1. The Bertz CT molecular complexity index is 739. The third kappa shape index (κ3) is 2.34. The number of halogens is 1. The molecule has 0 atom stereocenters. The van der Waals surface area contributed by atoms with Crippen molar-refractivity contribution in [1.29, 1.82) is 0 Å². The van der Waals surface area contributed by atoms with Crippen LogP contribution < -0.4 is 5.32 Å². The van der Waals surface area contributed by atoms with Crippen molar-refractivity contribution in [2.75, 3.05) is 5.32 Å². The fourth-order valence-electron chi connectivity index (χ4n) is 1.76. The predicted octanol–water partition coefficient (Wildman–Crippen LogP) is 2.97. The lowest BCUT2D eigenvalue weighted by Crippen LogP contribution is -2.13. The van der Waals surface area contributed by atoms with Crippen molar-refractivity contribution >= 4 is 38.6 Å². The number of nitrogens with one attached hydrogen (secondary N) is 2. The maximum atomic E-state index is 12.0. The molecule has 0 radical (unpaired) electrons. The highest BCUT2D eigenvalue weighted by Crippen LogP contribution is 2.23. The van der Waals surface area contributed by atoms with Gasteiger partial charge in [-0.2, -0.15) is 5.10 Å². The molecular formula is C13H9BrN4O. The summed E-state index contributed by atoms with van der Waals surface area (Å²) in [5.41, 5.74) is 1.21. The Hall–Kier alpha value is -2.21. The number of fused-ring (bicyclic) bond motifs is 1. The molecule has 94 valence electrons. The summed E-state index contributed by atoms with van der Waals surface area (Å²) < 4.78 is 0.950. The smallest absolute Gasteiger partial charge is 0.275 e. The molecule has 6 heteroatoms. The molecule has 0 saturated carbocycles. The first-order chi connectivity index (χ1) is 9.24. The molecule has 19 heavy (non-hydrogen) atoms. The van der Waals surface area contributed by atoms with E-state index in [1.807, 2.05) is 18.2 Å². The molecule has 2 N–H and O–H groups in total. The Labute approximate surface area is 117 Å². The van der Waals surface area contributed by atoms with Crippen LogP contribution in [0.4, 0.5) is 5.82 Å². The van der Waals surface area contributed by atoms with Gasteiger partial charge in [-0.1, -0.05) is 22.0 Å². The molecule has 0 aliphatic rings. The van der Waals surface area contributed by atoms with Crippen LogP contribution in [0.1, 0.15) is 10.5 Å². The lowest BCUT2D eigenvalue weighted by Gasteiger charge is -2.01. The summed E-state index contributed by atoms with van der Waals surface area (Å²) in [5, 5.41) is 10.6. The number of rotatable bonds is 2. The first-order valence-corrected chi connectivity index (χ1v) is 6.39. The molecular weight excluding hydrogens is 308 g/mol. The second-order valence-corrected chi connectivity index (χ2v) is 4.85. The van der Waals surface area contributed by atoms with Gasteiger partial charge in [0, 0.05) is 16.1 Å². The van der Waals surface area contributed by atoms with E-state index < -0.39 is 0 Å². The van der Waals surface area contributed by atoms with Gasteiger partial charge < -0.3 is 5.32 Å². The van der Waals surface area contributed by atoms with Gasteiger partial charge >= 0.3 is 0 Å². The fraction of sp³-hybridized carbons (Fsp3) is 0. The van der Waals surface area contributed by atoms with Crippen LogP contribution in [0.5, 0.6) is 0 Å². The Morgan fingerprint density at radius 3 is 2.95 bits per heavy atom. The summed E-state index contributed by atoms with van der Waals surface area (Å²) in [6.45, 7) is 0. The highest BCUT2D eigenvalue weighted by molar-refractivity contribution is 9.10. The van der Waals surface area contributed by atoms with Crippen molar-refractivity contribution < 1.29 is 4.79 Å². The minimum Gasteiger partial charge on any atom is -0.303 e. The topological polar surface area (TPSA) is 70.7 Å². The number of amides is 1. The summed E-state index contributed by atoms with van der Waals surface area (Å²) in [6, 6.07) is 10.9. The molecule has 1 aromatic carbocycles. The Kier molecular flexibility index (Phi) is 3.00. The van der Waals surface area contributed by atoms with Crippen LogP contribution in [0, 0.1) is 0 Å². The van der Waals surface area contributed by atoms with Crippen LogP contribution >= 0.6 is 15.9 Å². The van der Waals surface area contributed by atoms with Crippen molar-refractivity contribution in [2.24, 2.45) is 0 Å². The summed E-state index contributed by atoms with van der Waals surface area (Å²) in [7, 11) is 0. The monoisotopic (exact) mass is 316 g/mol. The number of aromatic amines is 1.